The fourth-order valence-electron chi connectivity index (χ4n) is 4.72. The van der Waals surface area contributed by atoms with Gasteiger partial charge in [-0.1, -0.05) is 20.8 Å². The predicted octanol–water partition coefficient (Wildman–Crippen LogP) is 4.59. The zero-order valence-corrected chi connectivity index (χ0v) is 20.8. The Balaban J connectivity index is 1.46. The van der Waals surface area contributed by atoms with Crippen molar-refractivity contribution in [2.75, 3.05) is 31.1 Å². The van der Waals surface area contributed by atoms with Crippen molar-refractivity contribution in [2.45, 2.75) is 50.8 Å². The van der Waals surface area contributed by atoms with E-state index in [2.05, 4.69) is 25.7 Å². The zero-order valence-electron chi connectivity index (χ0n) is 19.2. The van der Waals surface area contributed by atoms with Crippen LogP contribution in [0.3, 0.4) is 0 Å². The highest BCUT2D eigenvalue weighted by Crippen LogP contribution is 2.41. The van der Waals surface area contributed by atoms with Crippen LogP contribution in [0.4, 0.5) is 10.2 Å². The quantitative estimate of drug-likeness (QED) is 0.537. The number of aryl methyl sites for hydroxylation is 1. The molecule has 0 bridgehead atoms. The van der Waals surface area contributed by atoms with Crippen LogP contribution >= 0.6 is 11.3 Å². The summed E-state index contributed by atoms with van der Waals surface area (Å²) in [4.78, 5) is 14.7. The lowest BCUT2D eigenvalue weighted by Gasteiger charge is -2.35. The van der Waals surface area contributed by atoms with E-state index < -0.39 is 15.8 Å². The van der Waals surface area contributed by atoms with Gasteiger partial charge < -0.3 is 4.90 Å². The normalized spacial score (nSPS) is 19.9. The molecule has 2 aromatic heterocycles. The minimum absolute atomic E-state index is 0.130. The van der Waals surface area contributed by atoms with Gasteiger partial charge in [0, 0.05) is 37.0 Å². The third-order valence-electron chi connectivity index (χ3n) is 6.66. The second-order valence-electron chi connectivity index (χ2n) is 9.44. The Bertz CT molecular complexity index is 1280. The molecule has 3 aromatic rings. The van der Waals surface area contributed by atoms with Crippen molar-refractivity contribution in [1.29, 1.82) is 0 Å². The molecule has 0 amide bonds. The van der Waals surface area contributed by atoms with Crippen molar-refractivity contribution in [3.63, 3.8) is 0 Å². The van der Waals surface area contributed by atoms with Gasteiger partial charge in [0.15, 0.2) is 0 Å². The van der Waals surface area contributed by atoms with E-state index in [9.17, 15) is 12.8 Å². The number of anilines is 1. The Labute approximate surface area is 198 Å². The summed E-state index contributed by atoms with van der Waals surface area (Å²) in [5.74, 6) is 2.25. The number of hydrogen-bond acceptors (Lipinski definition) is 6. The first-order valence-electron chi connectivity index (χ1n) is 11.6. The third kappa shape index (κ3) is 4.15. The highest BCUT2D eigenvalue weighted by Gasteiger charge is 2.32. The van der Waals surface area contributed by atoms with Crippen LogP contribution in [0.5, 0.6) is 0 Å². The summed E-state index contributed by atoms with van der Waals surface area (Å²) in [6.45, 7) is 8.37. The Kier molecular flexibility index (Phi) is 5.91. The molecule has 1 aliphatic heterocycles. The standard InChI is InChI=1S/C24H29FN4O2S2/c1-15(2)22-26-23(21-19-9-4-16(3)14-20(19)32-24(21)27-22)28-10-12-29(13-11-28)33(30,31)18-7-5-17(25)6-8-18/h5-8,15-16H,4,9-14H2,1-3H3. The molecule has 33 heavy (non-hydrogen) atoms. The molecule has 6 nitrogen and oxygen atoms in total. The van der Waals surface area contributed by atoms with Crippen LogP contribution in [0.25, 0.3) is 10.2 Å². The van der Waals surface area contributed by atoms with Gasteiger partial charge in [-0.3, -0.25) is 0 Å². The average molecular weight is 489 g/mol. The molecule has 9 heteroatoms. The Hall–Kier alpha value is -2.10. The highest BCUT2D eigenvalue weighted by molar-refractivity contribution is 7.89. The summed E-state index contributed by atoms with van der Waals surface area (Å²) in [7, 11) is -3.65. The molecular weight excluding hydrogens is 459 g/mol. The lowest BCUT2D eigenvalue weighted by atomic mass is 9.89. The van der Waals surface area contributed by atoms with E-state index in [1.54, 1.807) is 11.3 Å². The number of sulfonamides is 1. The molecule has 3 heterocycles. The maximum atomic E-state index is 13.3. The lowest BCUT2D eigenvalue weighted by molar-refractivity contribution is 0.384. The molecule has 2 aliphatic rings. The van der Waals surface area contributed by atoms with Gasteiger partial charge in [-0.05, 0) is 55.0 Å². The van der Waals surface area contributed by atoms with Crippen molar-refractivity contribution in [3.8, 4) is 0 Å². The second-order valence-corrected chi connectivity index (χ2v) is 12.5. The van der Waals surface area contributed by atoms with Crippen LogP contribution in [0.15, 0.2) is 29.2 Å². The Morgan fingerprint density at radius 2 is 1.79 bits per heavy atom. The SMILES string of the molecule is CC1CCc2c(sc3nc(C(C)C)nc(N4CCN(S(=O)(=O)c5ccc(F)cc5)CC4)c23)C1. The zero-order chi connectivity index (χ0) is 23.3. The van der Waals surface area contributed by atoms with Gasteiger partial charge in [0.05, 0.1) is 10.3 Å². The molecule has 1 fully saturated rings. The molecule has 176 valence electrons. The van der Waals surface area contributed by atoms with E-state index in [1.165, 1.54) is 50.8 Å². The van der Waals surface area contributed by atoms with Gasteiger partial charge >= 0.3 is 0 Å². The first kappa shape index (κ1) is 22.7. The minimum Gasteiger partial charge on any atom is -0.353 e. The van der Waals surface area contributed by atoms with E-state index in [4.69, 9.17) is 9.97 Å². The number of hydrogen-bond donors (Lipinski definition) is 0. The predicted molar refractivity (Wildman–Crippen MR) is 130 cm³/mol. The van der Waals surface area contributed by atoms with Crippen LogP contribution in [-0.2, 0) is 22.9 Å². The maximum Gasteiger partial charge on any atom is 0.243 e. The number of aromatic nitrogens is 2. The molecule has 1 unspecified atom stereocenters. The van der Waals surface area contributed by atoms with Gasteiger partial charge in [-0.25, -0.2) is 22.8 Å². The molecule has 1 atom stereocenters. The van der Waals surface area contributed by atoms with Crippen LogP contribution in [0.1, 0.15) is 49.4 Å². The van der Waals surface area contributed by atoms with E-state index in [0.717, 1.165) is 29.3 Å². The number of thiophene rings is 1. The van der Waals surface area contributed by atoms with Crippen molar-refractivity contribution >= 4 is 37.4 Å². The number of nitrogens with zero attached hydrogens (tertiary/aromatic N) is 4. The summed E-state index contributed by atoms with van der Waals surface area (Å²) < 4.78 is 40.8. The highest BCUT2D eigenvalue weighted by atomic mass is 32.2. The summed E-state index contributed by atoms with van der Waals surface area (Å²) >= 11 is 1.80. The van der Waals surface area contributed by atoms with Crippen molar-refractivity contribution in [1.82, 2.24) is 14.3 Å². The second kappa shape index (κ2) is 8.60. The van der Waals surface area contributed by atoms with E-state index in [0.29, 0.717) is 32.1 Å². The van der Waals surface area contributed by atoms with Gasteiger partial charge in [0.1, 0.15) is 22.3 Å². The molecule has 0 spiro atoms. The largest absolute Gasteiger partial charge is 0.353 e. The van der Waals surface area contributed by atoms with E-state index in [-0.39, 0.29) is 10.8 Å². The molecule has 1 saturated heterocycles. The molecular formula is C24H29FN4O2S2. The van der Waals surface area contributed by atoms with Gasteiger partial charge in [-0.2, -0.15) is 4.31 Å². The molecule has 0 saturated carbocycles. The van der Waals surface area contributed by atoms with Crippen LogP contribution in [-0.4, -0.2) is 48.9 Å². The lowest BCUT2D eigenvalue weighted by Crippen LogP contribution is -2.49. The fourth-order valence-corrected chi connectivity index (χ4v) is 7.53. The molecule has 0 N–H and O–H groups in total. The van der Waals surface area contributed by atoms with Crippen LogP contribution in [0.2, 0.25) is 0 Å². The maximum absolute atomic E-state index is 13.3. The van der Waals surface area contributed by atoms with Gasteiger partial charge in [-0.15, -0.1) is 11.3 Å². The number of rotatable bonds is 4. The van der Waals surface area contributed by atoms with E-state index >= 15 is 0 Å². The third-order valence-corrected chi connectivity index (χ3v) is 9.72. The van der Waals surface area contributed by atoms with Crippen LogP contribution < -0.4 is 4.90 Å². The first-order valence-corrected chi connectivity index (χ1v) is 13.8. The Morgan fingerprint density at radius 3 is 2.45 bits per heavy atom. The molecule has 1 aliphatic carbocycles. The summed E-state index contributed by atoms with van der Waals surface area (Å²) in [5.41, 5.74) is 1.39. The number of halogens is 1. The average Bonchev–Trinajstić information content (AvgIpc) is 3.16. The first-order chi connectivity index (χ1) is 15.7. The van der Waals surface area contributed by atoms with Crippen molar-refractivity contribution < 1.29 is 12.8 Å². The topological polar surface area (TPSA) is 66.4 Å². The monoisotopic (exact) mass is 488 g/mol. The van der Waals surface area contributed by atoms with Gasteiger partial charge in [0.25, 0.3) is 0 Å². The molecule has 0 radical (unpaired) electrons. The molecule has 5 rings (SSSR count). The summed E-state index contributed by atoms with van der Waals surface area (Å²) in [5, 5.41) is 1.17. The fraction of sp³-hybridized carbons (Fsp3) is 0.500. The summed E-state index contributed by atoms with van der Waals surface area (Å²) in [6, 6.07) is 5.04. The Morgan fingerprint density at radius 1 is 1.09 bits per heavy atom. The minimum atomic E-state index is -3.65. The number of fused-ring (bicyclic) bond motifs is 3. The smallest absolute Gasteiger partial charge is 0.243 e. The summed E-state index contributed by atoms with van der Waals surface area (Å²) in [6.07, 6.45) is 3.32. The van der Waals surface area contributed by atoms with E-state index in [1.807, 2.05) is 0 Å². The number of benzene rings is 1. The van der Waals surface area contributed by atoms with Crippen molar-refractivity contribution in [2.24, 2.45) is 5.92 Å². The number of piperazine rings is 1. The van der Waals surface area contributed by atoms with Crippen molar-refractivity contribution in [3.05, 3.63) is 46.3 Å². The molecule has 1 aromatic carbocycles. The van der Waals surface area contributed by atoms with Crippen LogP contribution in [0, 0.1) is 11.7 Å². The van der Waals surface area contributed by atoms with Gasteiger partial charge in [0.2, 0.25) is 10.0 Å².